The van der Waals surface area contributed by atoms with Crippen molar-refractivity contribution in [1.82, 2.24) is 0 Å². The molecule has 0 heterocycles. The molecule has 1 fully saturated rings. The largest absolute Gasteiger partial charge is 0.507 e. The van der Waals surface area contributed by atoms with Gasteiger partial charge in [-0.3, -0.25) is 9.59 Å². The second-order valence-electron chi connectivity index (χ2n) is 8.64. The number of methoxy groups -OCH3 is 1. The minimum Gasteiger partial charge on any atom is -0.507 e. The summed E-state index contributed by atoms with van der Waals surface area (Å²) in [5.41, 5.74) is 2.90. The van der Waals surface area contributed by atoms with E-state index in [1.807, 2.05) is 0 Å². The Morgan fingerprint density at radius 3 is 2.68 bits per heavy atom. The van der Waals surface area contributed by atoms with Crippen molar-refractivity contribution < 1.29 is 19.4 Å². The fourth-order valence-electron chi connectivity index (χ4n) is 4.36. The lowest BCUT2D eigenvalue weighted by Crippen LogP contribution is -2.41. The fraction of sp³-hybridized carbons (Fsp3) is 0.583. The molecule has 1 saturated carbocycles. The van der Waals surface area contributed by atoms with Crippen LogP contribution >= 0.6 is 0 Å². The van der Waals surface area contributed by atoms with Gasteiger partial charge in [0.2, 0.25) is 0 Å². The number of hydrogen-bond donors (Lipinski definition) is 1. The first-order valence-corrected chi connectivity index (χ1v) is 10.2. The summed E-state index contributed by atoms with van der Waals surface area (Å²) in [7, 11) is 1.57. The van der Waals surface area contributed by atoms with Gasteiger partial charge in [0.05, 0.1) is 12.7 Å². The number of aldehydes is 1. The highest BCUT2D eigenvalue weighted by molar-refractivity contribution is 5.83. The molecule has 0 unspecified atom stereocenters. The third-order valence-corrected chi connectivity index (χ3v) is 7.08. The van der Waals surface area contributed by atoms with Crippen molar-refractivity contribution >= 4 is 12.1 Å². The van der Waals surface area contributed by atoms with Crippen LogP contribution < -0.4 is 4.74 Å². The van der Waals surface area contributed by atoms with Gasteiger partial charge in [0.1, 0.15) is 17.3 Å². The number of Topliss-reactive ketones (excluding diaryl/α,β-unsaturated/α-hetero) is 1. The molecule has 4 heteroatoms. The average molecular weight is 387 g/mol. The van der Waals surface area contributed by atoms with Crippen LogP contribution in [0.3, 0.4) is 0 Å². The number of aromatic hydroxyl groups is 1. The third kappa shape index (κ3) is 4.31. The molecular weight excluding hydrogens is 352 g/mol. The van der Waals surface area contributed by atoms with Gasteiger partial charge in [0.15, 0.2) is 6.29 Å². The Kier molecular flexibility index (Phi) is 7.08. The number of rotatable bonds is 7. The molecule has 0 amide bonds. The van der Waals surface area contributed by atoms with Crippen LogP contribution in [-0.2, 0) is 11.2 Å². The second kappa shape index (κ2) is 8.93. The van der Waals surface area contributed by atoms with E-state index < -0.39 is 0 Å². The number of hydrogen-bond acceptors (Lipinski definition) is 4. The van der Waals surface area contributed by atoms with Crippen LogP contribution in [0.25, 0.3) is 0 Å². The van der Waals surface area contributed by atoms with Crippen molar-refractivity contribution in [3.8, 4) is 11.5 Å². The van der Waals surface area contributed by atoms with E-state index in [-0.39, 0.29) is 17.1 Å². The first kappa shape index (κ1) is 22.2. The molecule has 0 aromatic heterocycles. The predicted molar refractivity (Wildman–Crippen MR) is 112 cm³/mol. The van der Waals surface area contributed by atoms with E-state index in [1.165, 1.54) is 5.57 Å². The lowest BCUT2D eigenvalue weighted by atomic mass is 9.59. The molecule has 0 bridgehead atoms. The molecular formula is C24H34O4. The summed E-state index contributed by atoms with van der Waals surface area (Å²) < 4.78 is 5.41. The molecule has 3 atom stereocenters. The topological polar surface area (TPSA) is 63.6 Å². The predicted octanol–water partition coefficient (Wildman–Crippen LogP) is 5.43. The first-order valence-electron chi connectivity index (χ1n) is 10.2. The SMILES string of the molecule is COc1cc(C)c(C=O)c(O)c1C/C=C(\C)CC[C@@]1(C)[C@H](C)CCC(=O)[C@@H]1C. The standard InChI is InChI=1S/C24H34O4/c1-15(11-12-24(5)17(3)8-10-21(26)18(24)4)7-9-19-22(28-6)13-16(2)20(14-25)23(19)27/h7,13-14,17-18,27H,8-12H2,1-6H3/b15-7+/t17-,18+,24+/m1/s1. The molecule has 0 aliphatic heterocycles. The van der Waals surface area contributed by atoms with Gasteiger partial charge in [-0.1, -0.05) is 32.4 Å². The number of benzene rings is 1. The maximum Gasteiger partial charge on any atom is 0.154 e. The van der Waals surface area contributed by atoms with E-state index in [0.717, 1.165) is 19.3 Å². The summed E-state index contributed by atoms with van der Waals surface area (Å²) in [4.78, 5) is 23.5. The quantitative estimate of drug-likeness (QED) is 0.501. The molecule has 4 nitrogen and oxygen atoms in total. The number of aryl methyl sites for hydroxylation is 1. The van der Waals surface area contributed by atoms with Gasteiger partial charge < -0.3 is 9.84 Å². The zero-order valence-corrected chi connectivity index (χ0v) is 18.1. The zero-order valence-electron chi connectivity index (χ0n) is 18.1. The lowest BCUT2D eigenvalue weighted by Gasteiger charge is -2.44. The van der Waals surface area contributed by atoms with Crippen LogP contribution in [-0.4, -0.2) is 24.3 Å². The molecule has 1 aliphatic rings. The minimum absolute atomic E-state index is 0.00276. The molecule has 1 aromatic carbocycles. The normalized spacial score (nSPS) is 25.6. The van der Waals surface area contributed by atoms with E-state index in [4.69, 9.17) is 4.74 Å². The number of allylic oxidation sites excluding steroid dienone is 2. The van der Waals surface area contributed by atoms with E-state index in [1.54, 1.807) is 20.1 Å². The number of phenols is 1. The van der Waals surface area contributed by atoms with Crippen molar-refractivity contribution in [2.24, 2.45) is 17.3 Å². The first-order chi connectivity index (χ1) is 13.2. The molecule has 0 spiro atoms. The number of carbonyl (C=O) groups excluding carboxylic acids is 2. The molecule has 0 saturated heterocycles. The van der Waals surface area contributed by atoms with Crippen molar-refractivity contribution in [2.75, 3.05) is 7.11 Å². The smallest absolute Gasteiger partial charge is 0.154 e. The average Bonchev–Trinajstić information content (AvgIpc) is 2.67. The monoisotopic (exact) mass is 386 g/mol. The summed E-state index contributed by atoms with van der Waals surface area (Å²) in [6.45, 7) is 10.5. The van der Waals surface area contributed by atoms with Crippen molar-refractivity contribution in [3.63, 3.8) is 0 Å². The Bertz CT molecular complexity index is 777. The summed E-state index contributed by atoms with van der Waals surface area (Å²) >= 11 is 0. The molecule has 1 aromatic rings. The fourth-order valence-corrected chi connectivity index (χ4v) is 4.36. The number of ether oxygens (including phenoxy) is 1. The van der Waals surface area contributed by atoms with Gasteiger partial charge in [0.25, 0.3) is 0 Å². The van der Waals surface area contributed by atoms with Crippen molar-refractivity contribution in [2.45, 2.75) is 66.7 Å². The second-order valence-corrected chi connectivity index (χ2v) is 8.64. The van der Waals surface area contributed by atoms with Gasteiger partial charge in [0, 0.05) is 17.9 Å². The van der Waals surface area contributed by atoms with Crippen LogP contribution in [0, 0.1) is 24.2 Å². The minimum atomic E-state index is 0.00276. The van der Waals surface area contributed by atoms with E-state index in [2.05, 4.69) is 33.8 Å². The van der Waals surface area contributed by atoms with E-state index in [9.17, 15) is 14.7 Å². The molecule has 154 valence electrons. The third-order valence-electron chi connectivity index (χ3n) is 7.08. The Balaban J connectivity index is 2.15. The number of ketones is 1. The van der Waals surface area contributed by atoms with Crippen LogP contribution in [0.4, 0.5) is 0 Å². The van der Waals surface area contributed by atoms with Crippen LogP contribution in [0.2, 0.25) is 0 Å². The Morgan fingerprint density at radius 2 is 2.07 bits per heavy atom. The molecule has 28 heavy (non-hydrogen) atoms. The van der Waals surface area contributed by atoms with Crippen LogP contribution in [0.5, 0.6) is 11.5 Å². The summed E-state index contributed by atoms with van der Waals surface area (Å²) in [6.07, 6.45) is 6.85. The van der Waals surface area contributed by atoms with Crippen molar-refractivity contribution in [1.29, 1.82) is 0 Å². The maximum atomic E-state index is 12.2. The van der Waals surface area contributed by atoms with Gasteiger partial charge in [-0.2, -0.15) is 0 Å². The maximum absolute atomic E-state index is 12.2. The lowest BCUT2D eigenvalue weighted by molar-refractivity contribution is -0.132. The number of carbonyl (C=O) groups is 2. The Labute approximate surface area is 169 Å². The molecule has 1 aliphatic carbocycles. The summed E-state index contributed by atoms with van der Waals surface area (Å²) in [5, 5.41) is 10.5. The van der Waals surface area contributed by atoms with Gasteiger partial charge in [-0.05, 0) is 62.5 Å². The number of phenolic OH excluding ortho intramolecular Hbond substituents is 1. The highest BCUT2D eigenvalue weighted by Gasteiger charge is 2.42. The van der Waals surface area contributed by atoms with Crippen molar-refractivity contribution in [3.05, 3.63) is 34.4 Å². The summed E-state index contributed by atoms with van der Waals surface area (Å²) in [6, 6.07) is 1.79. The molecule has 1 N–H and O–H groups in total. The Morgan fingerprint density at radius 1 is 1.39 bits per heavy atom. The highest BCUT2D eigenvalue weighted by atomic mass is 16.5. The van der Waals surface area contributed by atoms with Gasteiger partial charge in [-0.25, -0.2) is 0 Å². The zero-order chi connectivity index (χ0) is 21.1. The van der Waals surface area contributed by atoms with Crippen LogP contribution in [0.15, 0.2) is 17.7 Å². The van der Waals surface area contributed by atoms with E-state index >= 15 is 0 Å². The van der Waals surface area contributed by atoms with Crippen LogP contribution in [0.1, 0.15) is 74.9 Å². The highest BCUT2D eigenvalue weighted by Crippen LogP contribution is 2.47. The molecule has 0 radical (unpaired) electrons. The Hall–Kier alpha value is -2.10. The van der Waals surface area contributed by atoms with E-state index in [0.29, 0.717) is 53.3 Å². The molecule has 2 rings (SSSR count). The van der Waals surface area contributed by atoms with Gasteiger partial charge >= 0.3 is 0 Å². The van der Waals surface area contributed by atoms with Gasteiger partial charge in [-0.15, -0.1) is 0 Å². The summed E-state index contributed by atoms with van der Waals surface area (Å²) in [5.74, 6) is 1.61.